The number of rotatable bonds is 4. The number of hydrogen-bond donors (Lipinski definition) is 3. The lowest BCUT2D eigenvalue weighted by Gasteiger charge is -2.05. The topological polar surface area (TPSA) is 98.0 Å². The van der Waals surface area contributed by atoms with Crippen LogP contribution in [0.1, 0.15) is 11.1 Å². The van der Waals surface area contributed by atoms with Crippen LogP contribution in [-0.4, -0.2) is 12.6 Å². The Morgan fingerprint density at radius 2 is 2.33 bits per heavy atom. The van der Waals surface area contributed by atoms with Crippen molar-refractivity contribution < 1.29 is 4.84 Å². The van der Waals surface area contributed by atoms with Crippen LogP contribution in [0.2, 0.25) is 0 Å². The molecule has 0 bridgehead atoms. The molecule has 0 saturated heterocycles. The fourth-order valence-electron chi connectivity index (χ4n) is 1.12. The van der Waals surface area contributed by atoms with Crippen LogP contribution in [0.15, 0.2) is 34.5 Å². The maximum atomic E-state index is 5.24. The number of nitrogens with zero attached hydrogens (tertiary/aromatic N) is 2. The molecule has 5 N–H and O–H groups in total. The summed E-state index contributed by atoms with van der Waals surface area (Å²) in [6.45, 7) is 3.56. The van der Waals surface area contributed by atoms with E-state index in [1.165, 1.54) is 0 Å². The molecule has 0 saturated carbocycles. The van der Waals surface area contributed by atoms with E-state index in [-0.39, 0.29) is 0 Å². The first-order chi connectivity index (χ1) is 7.31. The molecule has 0 aliphatic carbocycles. The van der Waals surface area contributed by atoms with Crippen molar-refractivity contribution in [2.45, 2.75) is 6.61 Å². The normalized spacial score (nSPS) is 10.9. The van der Waals surface area contributed by atoms with Gasteiger partial charge in [-0.2, -0.15) is 5.10 Å². The molecular weight excluding hydrogens is 194 g/mol. The van der Waals surface area contributed by atoms with E-state index in [9.17, 15) is 0 Å². The van der Waals surface area contributed by atoms with E-state index in [0.29, 0.717) is 12.4 Å². The fraction of sp³-hybridized carbons (Fsp3) is 0.111. The largest absolute Gasteiger partial charge is 0.391 e. The van der Waals surface area contributed by atoms with Gasteiger partial charge in [-0.25, -0.2) is 5.84 Å². The average Bonchev–Trinajstić information content (AvgIpc) is 2.29. The van der Waals surface area contributed by atoms with E-state index in [0.717, 1.165) is 11.1 Å². The second-order valence-corrected chi connectivity index (χ2v) is 2.72. The molecule has 0 unspecified atom stereocenters. The van der Waals surface area contributed by atoms with Gasteiger partial charge in [-0.05, 0) is 11.6 Å². The molecule has 80 valence electrons. The van der Waals surface area contributed by atoms with Crippen molar-refractivity contribution in [1.29, 1.82) is 0 Å². The quantitative estimate of drug-likeness (QED) is 0.278. The number of hydrogen-bond acceptors (Lipinski definition) is 5. The smallest absolute Gasteiger partial charge is 0.166 e. The summed E-state index contributed by atoms with van der Waals surface area (Å²) in [5.41, 5.74) is 4.11. The van der Waals surface area contributed by atoms with Crippen LogP contribution in [0.4, 0.5) is 0 Å². The second kappa shape index (κ2) is 5.61. The number of hydrazine groups is 1. The predicted molar refractivity (Wildman–Crippen MR) is 58.8 cm³/mol. The van der Waals surface area contributed by atoms with Crippen molar-refractivity contribution in [3.63, 3.8) is 0 Å². The first-order valence-corrected chi connectivity index (χ1v) is 4.23. The third-order valence-electron chi connectivity index (χ3n) is 1.79. The van der Waals surface area contributed by atoms with Crippen LogP contribution in [0, 0.1) is 0 Å². The van der Waals surface area contributed by atoms with Crippen molar-refractivity contribution >= 4 is 12.6 Å². The summed E-state index contributed by atoms with van der Waals surface area (Å²) in [5, 5.41) is 6.80. The van der Waals surface area contributed by atoms with Gasteiger partial charge in [0.1, 0.15) is 6.61 Å². The monoisotopic (exact) mass is 207 g/mol. The molecule has 0 spiro atoms. The van der Waals surface area contributed by atoms with Gasteiger partial charge in [0.05, 0.1) is 0 Å². The van der Waals surface area contributed by atoms with Crippen LogP contribution in [-0.2, 0) is 11.4 Å². The number of nitrogens with one attached hydrogen (secondary N) is 1. The van der Waals surface area contributed by atoms with Gasteiger partial charge >= 0.3 is 0 Å². The van der Waals surface area contributed by atoms with Crippen molar-refractivity contribution in [3.8, 4) is 0 Å². The Hall–Kier alpha value is -2.08. The van der Waals surface area contributed by atoms with Gasteiger partial charge in [0.25, 0.3) is 0 Å². The zero-order valence-electron chi connectivity index (χ0n) is 8.18. The molecule has 6 nitrogen and oxygen atoms in total. The van der Waals surface area contributed by atoms with Crippen molar-refractivity contribution in [2.75, 3.05) is 0 Å². The molecule has 0 aromatic heterocycles. The molecule has 6 heteroatoms. The maximum Gasteiger partial charge on any atom is 0.166 e. The molecular formula is C9H13N5O. The SMILES string of the molecule is C=NOCc1cccc(/C(=N/N)NN)c1. The highest BCUT2D eigenvalue weighted by molar-refractivity contribution is 5.98. The highest BCUT2D eigenvalue weighted by Crippen LogP contribution is 2.06. The standard InChI is InChI=1S/C9H13N5O/c1-12-15-6-7-3-2-4-8(5-7)9(13-10)14-11/h2-5H,1,6,10-11H2,(H,13,14). The minimum absolute atomic E-state index is 0.347. The predicted octanol–water partition coefficient (Wildman–Crippen LogP) is -0.0976. The Labute approximate surface area is 87.6 Å². The van der Waals surface area contributed by atoms with Crippen LogP contribution in [0.5, 0.6) is 0 Å². The number of nitrogens with two attached hydrogens (primary N) is 2. The number of oxime groups is 1. The lowest BCUT2D eigenvalue weighted by atomic mass is 10.1. The Morgan fingerprint density at radius 3 is 2.93 bits per heavy atom. The molecule has 0 aliphatic rings. The van der Waals surface area contributed by atoms with Gasteiger partial charge in [-0.1, -0.05) is 18.2 Å². The third kappa shape index (κ3) is 2.96. The van der Waals surface area contributed by atoms with E-state index >= 15 is 0 Å². The van der Waals surface area contributed by atoms with Crippen molar-refractivity contribution in [1.82, 2.24) is 5.43 Å². The Kier molecular flexibility index (Phi) is 4.11. The molecule has 0 atom stereocenters. The molecule has 1 rings (SSSR count). The van der Waals surface area contributed by atoms with Crippen LogP contribution in [0.25, 0.3) is 0 Å². The summed E-state index contributed by atoms with van der Waals surface area (Å²) in [7, 11) is 0. The minimum atomic E-state index is 0.347. The Morgan fingerprint density at radius 1 is 1.53 bits per heavy atom. The average molecular weight is 207 g/mol. The summed E-state index contributed by atoms with van der Waals surface area (Å²) in [5.74, 6) is 10.8. The van der Waals surface area contributed by atoms with Gasteiger partial charge in [0.15, 0.2) is 5.84 Å². The van der Waals surface area contributed by atoms with E-state index < -0.39 is 0 Å². The summed E-state index contributed by atoms with van der Waals surface area (Å²) in [6, 6.07) is 7.41. The minimum Gasteiger partial charge on any atom is -0.391 e. The number of benzene rings is 1. The van der Waals surface area contributed by atoms with Gasteiger partial charge in [-0.15, -0.1) is 5.16 Å². The molecule has 0 radical (unpaired) electrons. The van der Waals surface area contributed by atoms with E-state index in [2.05, 4.69) is 22.4 Å². The highest BCUT2D eigenvalue weighted by atomic mass is 16.6. The molecule has 1 aromatic rings. The van der Waals surface area contributed by atoms with Gasteiger partial charge < -0.3 is 16.1 Å². The molecule has 0 fully saturated rings. The molecule has 0 amide bonds. The van der Waals surface area contributed by atoms with Gasteiger partial charge in [-0.3, -0.25) is 0 Å². The molecule has 15 heavy (non-hydrogen) atoms. The van der Waals surface area contributed by atoms with Gasteiger partial charge in [0.2, 0.25) is 0 Å². The summed E-state index contributed by atoms with van der Waals surface area (Å²) >= 11 is 0. The van der Waals surface area contributed by atoms with Crippen LogP contribution in [0.3, 0.4) is 0 Å². The van der Waals surface area contributed by atoms with Gasteiger partial charge in [0, 0.05) is 12.3 Å². The van der Waals surface area contributed by atoms with Crippen molar-refractivity contribution in [3.05, 3.63) is 35.4 Å². The molecule has 0 aliphatic heterocycles. The summed E-state index contributed by atoms with van der Waals surface area (Å²) < 4.78 is 0. The molecule has 0 heterocycles. The lowest BCUT2D eigenvalue weighted by molar-refractivity contribution is 0.133. The van der Waals surface area contributed by atoms with Crippen LogP contribution >= 0.6 is 0 Å². The third-order valence-corrected chi connectivity index (χ3v) is 1.79. The lowest BCUT2D eigenvalue weighted by Crippen LogP contribution is -2.32. The van der Waals surface area contributed by atoms with Crippen molar-refractivity contribution in [2.24, 2.45) is 21.9 Å². The van der Waals surface area contributed by atoms with E-state index in [1.807, 2.05) is 24.3 Å². The Balaban J connectivity index is 2.86. The first-order valence-electron chi connectivity index (χ1n) is 4.23. The number of amidine groups is 1. The summed E-state index contributed by atoms with van der Waals surface area (Å²) in [6.07, 6.45) is 0. The second-order valence-electron chi connectivity index (χ2n) is 2.72. The fourth-order valence-corrected chi connectivity index (χ4v) is 1.12. The molecule has 1 aromatic carbocycles. The number of hydrazone groups is 1. The van der Waals surface area contributed by atoms with Crippen LogP contribution < -0.4 is 17.1 Å². The zero-order chi connectivity index (χ0) is 11.1. The summed E-state index contributed by atoms with van der Waals surface area (Å²) in [4.78, 5) is 4.81. The Bertz CT molecular complexity index is 363. The van der Waals surface area contributed by atoms with E-state index in [1.54, 1.807) is 0 Å². The first kappa shape index (κ1) is 11.0. The maximum absolute atomic E-state index is 5.24. The van der Waals surface area contributed by atoms with E-state index in [4.69, 9.17) is 16.5 Å². The zero-order valence-corrected chi connectivity index (χ0v) is 8.18. The highest BCUT2D eigenvalue weighted by Gasteiger charge is 2.02.